The van der Waals surface area contributed by atoms with E-state index in [1.54, 1.807) is 15.6 Å². The molecule has 2 fully saturated rings. The number of carboxylic acids is 1. The minimum Gasteiger partial charge on any atom is -0.480 e. The van der Waals surface area contributed by atoms with E-state index in [1.165, 1.54) is 0 Å². The number of rotatable bonds is 2. The van der Waals surface area contributed by atoms with E-state index >= 15 is 0 Å². The average molecular weight is 305 g/mol. The van der Waals surface area contributed by atoms with Crippen molar-refractivity contribution in [3.63, 3.8) is 0 Å². The van der Waals surface area contributed by atoms with Crippen LogP contribution in [0.1, 0.15) is 42.6 Å². The van der Waals surface area contributed by atoms with Crippen molar-refractivity contribution in [1.29, 1.82) is 0 Å². The van der Waals surface area contributed by atoms with Crippen molar-refractivity contribution in [3.8, 4) is 5.88 Å². The Morgan fingerprint density at radius 2 is 2.14 bits per heavy atom. The lowest BCUT2D eigenvalue weighted by Crippen LogP contribution is -2.46. The topological polar surface area (TPSA) is 84.7 Å². The number of fused-ring (bicyclic) bond motifs is 2. The lowest BCUT2D eigenvalue weighted by Gasteiger charge is -2.32. The Morgan fingerprint density at radius 3 is 2.91 bits per heavy atom. The summed E-state index contributed by atoms with van der Waals surface area (Å²) < 4.78 is 7.05. The maximum atomic E-state index is 12.9. The molecule has 4 rings (SSSR count). The normalized spacial score (nSPS) is 29.8. The van der Waals surface area contributed by atoms with E-state index in [0.29, 0.717) is 37.1 Å². The SMILES string of the molecule is O=C(O)C1CC2CCCCC2N1C(=O)c1cc2n(n1)CCO2. The summed E-state index contributed by atoms with van der Waals surface area (Å²) in [6.45, 7) is 1.21. The third kappa shape index (κ3) is 1.99. The Bertz CT molecular complexity index is 605. The molecule has 1 aromatic heterocycles. The second kappa shape index (κ2) is 5.00. The van der Waals surface area contributed by atoms with Crippen molar-refractivity contribution in [2.75, 3.05) is 6.61 Å². The Balaban J connectivity index is 1.64. The van der Waals surface area contributed by atoms with E-state index in [2.05, 4.69) is 5.10 Å². The lowest BCUT2D eigenvalue weighted by molar-refractivity contribution is -0.141. The molecule has 1 amide bonds. The molecular formula is C15H19N3O4. The molecule has 3 heterocycles. The molecule has 3 unspecified atom stereocenters. The van der Waals surface area contributed by atoms with E-state index in [9.17, 15) is 14.7 Å². The van der Waals surface area contributed by atoms with E-state index < -0.39 is 12.0 Å². The summed E-state index contributed by atoms with van der Waals surface area (Å²) in [5.41, 5.74) is 0.298. The second-order valence-corrected chi connectivity index (χ2v) is 6.35. The highest BCUT2D eigenvalue weighted by molar-refractivity contribution is 5.96. The lowest BCUT2D eigenvalue weighted by atomic mass is 9.84. The van der Waals surface area contributed by atoms with Crippen LogP contribution in [0.2, 0.25) is 0 Å². The summed E-state index contributed by atoms with van der Waals surface area (Å²) in [6, 6.07) is 0.947. The minimum atomic E-state index is -0.911. The molecule has 1 saturated carbocycles. The van der Waals surface area contributed by atoms with Crippen LogP contribution in [0.4, 0.5) is 0 Å². The van der Waals surface area contributed by atoms with Gasteiger partial charge in [-0.1, -0.05) is 12.8 Å². The standard InChI is InChI=1S/C15H19N3O4/c19-14(10-8-13-17(16-10)5-6-22-13)18-11-4-2-1-3-9(11)7-12(18)15(20)21/h8-9,11-12H,1-7H2,(H,20,21). The average Bonchev–Trinajstić information content (AvgIpc) is 3.18. The van der Waals surface area contributed by atoms with Gasteiger partial charge in [0, 0.05) is 12.1 Å². The fourth-order valence-corrected chi connectivity index (χ4v) is 4.12. The largest absolute Gasteiger partial charge is 0.480 e. The van der Waals surface area contributed by atoms with Gasteiger partial charge in [-0.15, -0.1) is 0 Å². The number of ether oxygens (including phenoxy) is 1. The molecule has 0 radical (unpaired) electrons. The molecule has 1 aliphatic carbocycles. The quantitative estimate of drug-likeness (QED) is 0.885. The Morgan fingerprint density at radius 1 is 1.32 bits per heavy atom. The number of hydrogen-bond acceptors (Lipinski definition) is 4. The van der Waals surface area contributed by atoms with Gasteiger partial charge in [-0.2, -0.15) is 5.10 Å². The molecule has 1 N–H and O–H groups in total. The first-order valence-electron chi connectivity index (χ1n) is 7.91. The van der Waals surface area contributed by atoms with Crippen LogP contribution in [0, 0.1) is 5.92 Å². The molecular weight excluding hydrogens is 286 g/mol. The summed E-state index contributed by atoms with van der Waals surface area (Å²) in [5.74, 6) is -0.280. The summed E-state index contributed by atoms with van der Waals surface area (Å²) >= 11 is 0. The molecule has 22 heavy (non-hydrogen) atoms. The highest BCUT2D eigenvalue weighted by Crippen LogP contribution is 2.40. The fourth-order valence-electron chi connectivity index (χ4n) is 4.12. The maximum Gasteiger partial charge on any atom is 0.326 e. The van der Waals surface area contributed by atoms with Gasteiger partial charge in [0.1, 0.15) is 12.6 Å². The number of likely N-dealkylation sites (tertiary alicyclic amines) is 1. The van der Waals surface area contributed by atoms with Gasteiger partial charge in [-0.25, -0.2) is 9.48 Å². The predicted octanol–water partition coefficient (Wildman–Crippen LogP) is 1.13. The second-order valence-electron chi connectivity index (χ2n) is 6.35. The van der Waals surface area contributed by atoms with Crippen LogP contribution in [0.15, 0.2) is 6.07 Å². The number of hydrogen-bond donors (Lipinski definition) is 1. The van der Waals surface area contributed by atoms with Crippen molar-refractivity contribution < 1.29 is 19.4 Å². The minimum absolute atomic E-state index is 0.0415. The number of aromatic nitrogens is 2. The number of carboxylic acid groups (broad SMARTS) is 1. The zero-order valence-electron chi connectivity index (χ0n) is 12.3. The highest BCUT2D eigenvalue weighted by Gasteiger charge is 2.48. The van der Waals surface area contributed by atoms with Gasteiger partial charge in [-0.05, 0) is 25.2 Å². The Hall–Kier alpha value is -2.05. The van der Waals surface area contributed by atoms with Crippen molar-refractivity contribution >= 4 is 11.9 Å². The first kappa shape index (κ1) is 13.6. The third-order valence-corrected chi connectivity index (χ3v) is 5.12. The molecule has 118 valence electrons. The van der Waals surface area contributed by atoms with Gasteiger partial charge in [0.15, 0.2) is 5.69 Å². The van der Waals surface area contributed by atoms with Gasteiger partial charge in [0.25, 0.3) is 5.91 Å². The molecule has 7 nitrogen and oxygen atoms in total. The summed E-state index contributed by atoms with van der Waals surface area (Å²) in [5, 5.41) is 13.8. The molecule has 7 heteroatoms. The Labute approximate surface area is 127 Å². The van der Waals surface area contributed by atoms with Gasteiger partial charge in [0.2, 0.25) is 5.88 Å². The van der Waals surface area contributed by atoms with Crippen molar-refractivity contribution in [3.05, 3.63) is 11.8 Å². The van der Waals surface area contributed by atoms with E-state index in [0.717, 1.165) is 25.7 Å². The van der Waals surface area contributed by atoms with Crippen LogP contribution >= 0.6 is 0 Å². The predicted molar refractivity (Wildman–Crippen MR) is 75.7 cm³/mol. The summed E-state index contributed by atoms with van der Waals surface area (Å²) in [7, 11) is 0. The number of amides is 1. The van der Waals surface area contributed by atoms with Crippen molar-refractivity contribution in [1.82, 2.24) is 14.7 Å². The number of aliphatic carboxylic acids is 1. The molecule has 1 aromatic rings. The summed E-state index contributed by atoms with van der Waals surface area (Å²) in [6.07, 6.45) is 4.66. The first-order chi connectivity index (χ1) is 10.6. The molecule has 0 bridgehead atoms. The van der Waals surface area contributed by atoms with Crippen LogP contribution in [0.3, 0.4) is 0 Å². The van der Waals surface area contributed by atoms with Crippen LogP contribution in [-0.2, 0) is 11.3 Å². The number of carbonyl (C=O) groups is 2. The van der Waals surface area contributed by atoms with Crippen LogP contribution in [0.25, 0.3) is 0 Å². The molecule has 0 spiro atoms. The number of nitrogens with zero attached hydrogens (tertiary/aromatic N) is 3. The fraction of sp³-hybridized carbons (Fsp3) is 0.667. The maximum absolute atomic E-state index is 12.9. The van der Waals surface area contributed by atoms with E-state index in [-0.39, 0.29) is 11.9 Å². The Kier molecular flexibility index (Phi) is 3.09. The molecule has 3 atom stereocenters. The smallest absolute Gasteiger partial charge is 0.326 e. The van der Waals surface area contributed by atoms with Crippen molar-refractivity contribution in [2.45, 2.75) is 50.7 Å². The molecule has 2 aliphatic heterocycles. The monoisotopic (exact) mass is 305 g/mol. The van der Waals surface area contributed by atoms with Gasteiger partial charge in [-0.3, -0.25) is 4.79 Å². The zero-order valence-corrected chi connectivity index (χ0v) is 12.3. The van der Waals surface area contributed by atoms with Crippen LogP contribution < -0.4 is 4.74 Å². The van der Waals surface area contributed by atoms with Crippen LogP contribution in [0.5, 0.6) is 5.88 Å². The van der Waals surface area contributed by atoms with Crippen LogP contribution in [-0.4, -0.2) is 50.4 Å². The first-order valence-corrected chi connectivity index (χ1v) is 7.91. The van der Waals surface area contributed by atoms with Gasteiger partial charge in [0.05, 0.1) is 6.54 Å². The highest BCUT2D eigenvalue weighted by atomic mass is 16.5. The van der Waals surface area contributed by atoms with Crippen molar-refractivity contribution in [2.24, 2.45) is 5.92 Å². The van der Waals surface area contributed by atoms with Gasteiger partial charge < -0.3 is 14.7 Å². The van der Waals surface area contributed by atoms with E-state index in [4.69, 9.17) is 4.74 Å². The third-order valence-electron chi connectivity index (χ3n) is 5.12. The number of carbonyl (C=O) groups excluding carboxylic acids is 1. The summed E-state index contributed by atoms with van der Waals surface area (Å²) in [4.78, 5) is 26.0. The molecule has 3 aliphatic rings. The zero-order chi connectivity index (χ0) is 15.3. The molecule has 1 saturated heterocycles. The molecule has 0 aromatic carbocycles. The van der Waals surface area contributed by atoms with Gasteiger partial charge >= 0.3 is 5.97 Å². The van der Waals surface area contributed by atoms with E-state index in [1.807, 2.05) is 0 Å².